The summed E-state index contributed by atoms with van der Waals surface area (Å²) < 4.78 is 5.57. The number of benzene rings is 1. The van der Waals surface area contributed by atoms with Gasteiger partial charge in [-0.15, -0.1) is 11.8 Å². The van der Waals surface area contributed by atoms with Gasteiger partial charge in [-0.2, -0.15) is 0 Å². The fourth-order valence-corrected chi connectivity index (χ4v) is 3.18. The molecule has 0 amide bonds. The molecule has 0 saturated carbocycles. The highest BCUT2D eigenvalue weighted by Gasteiger charge is 2.21. The summed E-state index contributed by atoms with van der Waals surface area (Å²) in [6.07, 6.45) is 3.77. The molecule has 1 heterocycles. The van der Waals surface area contributed by atoms with E-state index in [4.69, 9.17) is 16.6 Å². The van der Waals surface area contributed by atoms with Gasteiger partial charge in [-0.1, -0.05) is 6.07 Å². The average molecular weight is 364 g/mol. The zero-order chi connectivity index (χ0) is 17.5. The molecule has 0 aliphatic rings. The molecule has 0 radical (unpaired) electrons. The summed E-state index contributed by atoms with van der Waals surface area (Å²) in [4.78, 5) is 5.53. The van der Waals surface area contributed by atoms with E-state index in [9.17, 15) is 0 Å². The number of hydrogen-bond acceptors (Lipinski definition) is 4. The minimum Gasteiger partial charge on any atom is -0.467 e. The number of hydrogen-bond donors (Lipinski definition) is 1. The molecule has 24 heavy (non-hydrogen) atoms. The second-order valence-corrected chi connectivity index (χ2v) is 7.12. The lowest BCUT2D eigenvalue weighted by Crippen LogP contribution is -2.40. The topological polar surface area (TPSA) is 31.6 Å². The third kappa shape index (κ3) is 5.26. The number of thioether (sulfide) groups is 1. The zero-order valence-corrected chi connectivity index (χ0v) is 16.3. The first-order valence-corrected chi connectivity index (χ1v) is 9.54. The van der Waals surface area contributed by atoms with E-state index in [0.29, 0.717) is 5.11 Å². The SMILES string of the molecule is CSc1cccc(NC(=S)N(CCN(C)C)[C@@H](C)c2ccco2)c1. The van der Waals surface area contributed by atoms with Crippen molar-refractivity contribution in [1.29, 1.82) is 0 Å². The predicted molar refractivity (Wildman–Crippen MR) is 107 cm³/mol. The fourth-order valence-electron chi connectivity index (χ4n) is 2.36. The Morgan fingerprint density at radius 1 is 1.25 bits per heavy atom. The van der Waals surface area contributed by atoms with Crippen molar-refractivity contribution in [2.24, 2.45) is 0 Å². The summed E-state index contributed by atoms with van der Waals surface area (Å²) in [6, 6.07) is 12.2. The lowest BCUT2D eigenvalue weighted by molar-refractivity contribution is 0.263. The van der Waals surface area contributed by atoms with Crippen LogP contribution >= 0.6 is 24.0 Å². The Balaban J connectivity index is 2.13. The van der Waals surface area contributed by atoms with Crippen molar-refractivity contribution in [2.45, 2.75) is 17.9 Å². The van der Waals surface area contributed by atoms with Gasteiger partial charge in [0.2, 0.25) is 0 Å². The van der Waals surface area contributed by atoms with Crippen molar-refractivity contribution in [3.63, 3.8) is 0 Å². The highest BCUT2D eigenvalue weighted by Crippen LogP contribution is 2.23. The lowest BCUT2D eigenvalue weighted by atomic mass is 10.2. The minimum absolute atomic E-state index is 0.0729. The summed E-state index contributed by atoms with van der Waals surface area (Å²) in [7, 11) is 4.13. The third-order valence-corrected chi connectivity index (χ3v) is 4.85. The van der Waals surface area contributed by atoms with Gasteiger partial charge in [-0.05, 0) is 69.8 Å². The van der Waals surface area contributed by atoms with E-state index in [1.54, 1.807) is 18.0 Å². The first kappa shape index (κ1) is 18.8. The highest BCUT2D eigenvalue weighted by atomic mass is 32.2. The molecule has 0 aliphatic carbocycles. The molecule has 1 aromatic carbocycles. The van der Waals surface area contributed by atoms with Gasteiger partial charge in [0.25, 0.3) is 0 Å². The summed E-state index contributed by atoms with van der Waals surface area (Å²) >= 11 is 7.41. The maximum absolute atomic E-state index is 5.69. The largest absolute Gasteiger partial charge is 0.467 e. The average Bonchev–Trinajstić information content (AvgIpc) is 3.09. The molecule has 1 N–H and O–H groups in total. The maximum Gasteiger partial charge on any atom is 0.174 e. The Hall–Kier alpha value is -1.50. The third-order valence-electron chi connectivity index (χ3n) is 3.79. The van der Waals surface area contributed by atoms with Crippen LogP contribution in [0.15, 0.2) is 52.0 Å². The van der Waals surface area contributed by atoms with E-state index in [1.807, 2.05) is 24.3 Å². The first-order chi connectivity index (χ1) is 11.5. The molecule has 0 spiro atoms. The monoisotopic (exact) mass is 363 g/mol. The van der Waals surface area contributed by atoms with Crippen LogP contribution in [0.4, 0.5) is 5.69 Å². The highest BCUT2D eigenvalue weighted by molar-refractivity contribution is 7.98. The van der Waals surface area contributed by atoms with Crippen molar-refractivity contribution in [2.75, 3.05) is 38.8 Å². The van der Waals surface area contributed by atoms with Gasteiger partial charge in [0.15, 0.2) is 5.11 Å². The van der Waals surface area contributed by atoms with Crippen LogP contribution < -0.4 is 5.32 Å². The molecule has 0 saturated heterocycles. The minimum atomic E-state index is 0.0729. The fraction of sp³-hybridized carbons (Fsp3) is 0.389. The molecule has 4 nitrogen and oxygen atoms in total. The Labute approximate surface area is 154 Å². The van der Waals surface area contributed by atoms with Gasteiger partial charge in [0, 0.05) is 23.7 Å². The second kappa shape index (κ2) is 9.11. The van der Waals surface area contributed by atoms with E-state index >= 15 is 0 Å². The Bertz CT molecular complexity index is 643. The molecule has 130 valence electrons. The van der Waals surface area contributed by atoms with E-state index in [1.165, 1.54) is 4.90 Å². The Morgan fingerprint density at radius 2 is 2.04 bits per heavy atom. The molecular weight excluding hydrogens is 338 g/mol. The first-order valence-electron chi connectivity index (χ1n) is 7.91. The molecule has 1 atom stereocenters. The standard InChI is InChI=1S/C18H25N3OS2/c1-14(17-9-6-12-22-17)21(11-10-20(2)3)18(23)19-15-7-5-8-16(13-15)24-4/h5-9,12-14H,10-11H2,1-4H3,(H,19,23)/t14-/m0/s1. The van der Waals surface area contributed by atoms with Crippen LogP contribution in [0.25, 0.3) is 0 Å². The van der Waals surface area contributed by atoms with Gasteiger partial charge in [-0.25, -0.2) is 0 Å². The number of nitrogens with one attached hydrogen (secondary N) is 1. The smallest absolute Gasteiger partial charge is 0.174 e. The van der Waals surface area contributed by atoms with Crippen molar-refractivity contribution in [3.05, 3.63) is 48.4 Å². The Kier molecular flexibility index (Phi) is 7.15. The number of likely N-dealkylation sites (N-methyl/N-ethyl adjacent to an activating group) is 1. The Morgan fingerprint density at radius 3 is 2.67 bits per heavy atom. The van der Waals surface area contributed by atoms with Crippen LogP contribution in [-0.2, 0) is 0 Å². The molecule has 0 unspecified atom stereocenters. The van der Waals surface area contributed by atoms with E-state index in [2.05, 4.69) is 54.5 Å². The normalized spacial score (nSPS) is 12.2. The van der Waals surface area contributed by atoms with Crippen molar-refractivity contribution in [3.8, 4) is 0 Å². The number of furan rings is 1. The molecule has 1 aromatic heterocycles. The van der Waals surface area contributed by atoms with Crippen LogP contribution in [0.2, 0.25) is 0 Å². The quantitative estimate of drug-likeness (QED) is 0.582. The number of rotatable bonds is 7. The van der Waals surface area contributed by atoms with Crippen LogP contribution in [0.5, 0.6) is 0 Å². The molecule has 0 bridgehead atoms. The van der Waals surface area contributed by atoms with Crippen LogP contribution in [0.3, 0.4) is 0 Å². The summed E-state index contributed by atoms with van der Waals surface area (Å²) in [6.45, 7) is 3.85. The van der Waals surface area contributed by atoms with Crippen LogP contribution in [0, 0.1) is 0 Å². The van der Waals surface area contributed by atoms with Gasteiger partial charge < -0.3 is 19.5 Å². The van der Waals surface area contributed by atoms with E-state index in [0.717, 1.165) is 24.5 Å². The summed E-state index contributed by atoms with van der Waals surface area (Å²) in [5.41, 5.74) is 1.01. The summed E-state index contributed by atoms with van der Waals surface area (Å²) in [5, 5.41) is 4.07. The molecule has 0 aliphatic heterocycles. The molecule has 2 aromatic rings. The number of anilines is 1. The molecule has 0 fully saturated rings. The van der Waals surface area contributed by atoms with Gasteiger partial charge in [0.1, 0.15) is 5.76 Å². The number of nitrogens with zero attached hydrogens (tertiary/aromatic N) is 2. The molecule has 6 heteroatoms. The molecular formula is C18H25N3OS2. The molecule has 2 rings (SSSR count). The van der Waals surface area contributed by atoms with E-state index < -0.39 is 0 Å². The summed E-state index contributed by atoms with van der Waals surface area (Å²) in [5.74, 6) is 0.913. The zero-order valence-electron chi connectivity index (χ0n) is 14.7. The van der Waals surface area contributed by atoms with Gasteiger partial charge in [-0.3, -0.25) is 0 Å². The maximum atomic E-state index is 5.69. The van der Waals surface area contributed by atoms with Gasteiger partial charge in [0.05, 0.1) is 12.3 Å². The van der Waals surface area contributed by atoms with E-state index in [-0.39, 0.29) is 6.04 Å². The second-order valence-electron chi connectivity index (χ2n) is 5.85. The van der Waals surface area contributed by atoms with Crippen molar-refractivity contribution >= 4 is 34.8 Å². The van der Waals surface area contributed by atoms with Gasteiger partial charge >= 0.3 is 0 Å². The van der Waals surface area contributed by atoms with Crippen LogP contribution in [-0.4, -0.2) is 48.4 Å². The van der Waals surface area contributed by atoms with Crippen molar-refractivity contribution in [1.82, 2.24) is 9.80 Å². The van der Waals surface area contributed by atoms with Crippen LogP contribution in [0.1, 0.15) is 18.7 Å². The predicted octanol–water partition coefficient (Wildman–Crippen LogP) is 4.32. The lowest BCUT2D eigenvalue weighted by Gasteiger charge is -2.31. The van der Waals surface area contributed by atoms with Crippen molar-refractivity contribution < 1.29 is 4.42 Å². The number of thiocarbonyl (C=S) groups is 1.